The van der Waals surface area contributed by atoms with E-state index in [1.807, 2.05) is 0 Å². The van der Waals surface area contributed by atoms with Crippen LogP contribution in [0.5, 0.6) is 0 Å². The minimum absolute atomic E-state index is 0.122. The molecule has 0 amide bonds. The van der Waals surface area contributed by atoms with Gasteiger partial charge in [-0.25, -0.2) is 10.1 Å². The molecule has 3 nitrogen and oxygen atoms in total. The van der Waals surface area contributed by atoms with Gasteiger partial charge in [-0.15, -0.1) is 0 Å². The molecule has 0 saturated heterocycles. The molecule has 0 aromatic carbocycles. The zero-order valence-electron chi connectivity index (χ0n) is 2.68. The normalized spacial score (nSPS) is 8.40. The highest BCUT2D eigenvalue weighted by atomic mass is 17.5. The molecule has 1 radical (unpaired) electrons. The lowest BCUT2D eigenvalue weighted by Crippen LogP contribution is -1.84. The number of hydrogen-bond donors (Lipinski definition) is 1. The first kappa shape index (κ1) is 4.88. The summed E-state index contributed by atoms with van der Waals surface area (Å²) in [6, 6.07) is 0. The van der Waals surface area contributed by atoms with Crippen LogP contribution in [0.2, 0.25) is 0 Å². The van der Waals surface area contributed by atoms with E-state index in [0.29, 0.717) is 0 Å². The van der Waals surface area contributed by atoms with Crippen LogP contribution in [0.3, 0.4) is 0 Å². The van der Waals surface area contributed by atoms with Gasteiger partial charge in [0.15, 0.2) is 0 Å². The lowest BCUT2D eigenvalue weighted by molar-refractivity contribution is -0.486. The second-order valence-corrected chi connectivity index (χ2v) is 0.397. The Balaban J connectivity index is 2.19. The maximum absolute atomic E-state index is 7.30. The van der Waals surface area contributed by atoms with Crippen molar-refractivity contribution in [3.05, 3.63) is 6.92 Å². The van der Waals surface area contributed by atoms with E-state index in [4.69, 9.17) is 5.26 Å². The second kappa shape index (κ2) is 3.88. The van der Waals surface area contributed by atoms with Gasteiger partial charge in [0.2, 0.25) is 0 Å². The van der Waals surface area contributed by atoms with E-state index in [0.717, 1.165) is 0 Å². The Labute approximate surface area is 30.0 Å². The fraction of sp³-hybridized carbons (Fsp3) is 0.500. The van der Waals surface area contributed by atoms with Crippen LogP contribution in [0.4, 0.5) is 0 Å². The van der Waals surface area contributed by atoms with E-state index in [2.05, 4.69) is 16.8 Å². The van der Waals surface area contributed by atoms with Crippen LogP contribution in [-0.4, -0.2) is 11.9 Å². The topological polar surface area (TPSA) is 38.7 Å². The summed E-state index contributed by atoms with van der Waals surface area (Å²) < 4.78 is 0. The summed E-state index contributed by atoms with van der Waals surface area (Å²) in [5, 5.41) is 10.4. The number of rotatable bonds is 2. The smallest absolute Gasteiger partial charge is 0.0854 e. The van der Waals surface area contributed by atoms with Gasteiger partial charge in [0.1, 0.15) is 0 Å². The van der Waals surface area contributed by atoms with Crippen LogP contribution in [0, 0.1) is 6.92 Å². The molecule has 0 aliphatic rings. The molecule has 1 N–H and O–H groups in total. The van der Waals surface area contributed by atoms with Crippen LogP contribution >= 0.6 is 0 Å². The SMILES string of the molecule is [CH2]COOO. The van der Waals surface area contributed by atoms with E-state index in [1.54, 1.807) is 0 Å². The maximum Gasteiger partial charge on any atom is 0.0854 e. The largest absolute Gasteiger partial charge is 0.221 e. The summed E-state index contributed by atoms with van der Waals surface area (Å²) in [5.41, 5.74) is 0. The molecular formula is C2H5O3. The predicted octanol–water partition coefficient (Wildman–Crippen LogP) is 0.242. The summed E-state index contributed by atoms with van der Waals surface area (Å²) in [4.78, 5) is 3.78. The van der Waals surface area contributed by atoms with Gasteiger partial charge in [0.05, 0.1) is 6.61 Å². The van der Waals surface area contributed by atoms with Gasteiger partial charge >= 0.3 is 0 Å². The van der Waals surface area contributed by atoms with Crippen LogP contribution < -0.4 is 0 Å². The highest BCUT2D eigenvalue weighted by molar-refractivity contribution is 4.18. The van der Waals surface area contributed by atoms with Crippen molar-refractivity contribution in [1.29, 1.82) is 0 Å². The zero-order valence-corrected chi connectivity index (χ0v) is 2.68. The van der Waals surface area contributed by atoms with Gasteiger partial charge in [-0.2, -0.15) is 0 Å². The average Bonchev–Trinajstić information content (AvgIpc) is 1.41. The van der Waals surface area contributed by atoms with Gasteiger partial charge in [-0.05, 0) is 6.92 Å². The molecule has 0 atom stereocenters. The van der Waals surface area contributed by atoms with Gasteiger partial charge < -0.3 is 0 Å². The summed E-state index contributed by atoms with van der Waals surface area (Å²) in [6.07, 6.45) is 0. The summed E-state index contributed by atoms with van der Waals surface area (Å²) in [5.74, 6) is 0. The first-order valence-electron chi connectivity index (χ1n) is 1.14. The number of hydrogen-bond acceptors (Lipinski definition) is 3. The predicted molar refractivity (Wildman–Crippen MR) is 15.0 cm³/mol. The van der Waals surface area contributed by atoms with Gasteiger partial charge in [-0.3, -0.25) is 0 Å². The molecule has 0 aromatic rings. The first-order chi connectivity index (χ1) is 2.41. The Morgan fingerprint density at radius 2 is 2.40 bits per heavy atom. The third kappa shape index (κ3) is 3.88. The second-order valence-electron chi connectivity index (χ2n) is 0.397. The van der Waals surface area contributed by atoms with Crippen molar-refractivity contribution in [1.82, 2.24) is 0 Å². The fourth-order valence-electron chi connectivity index (χ4n) is 0.0373. The molecule has 0 fully saturated rings. The van der Waals surface area contributed by atoms with Crippen LogP contribution in [0.1, 0.15) is 0 Å². The van der Waals surface area contributed by atoms with E-state index in [9.17, 15) is 0 Å². The van der Waals surface area contributed by atoms with E-state index in [-0.39, 0.29) is 6.61 Å². The molecule has 0 heterocycles. The monoisotopic (exact) mass is 77.0 g/mol. The quantitative estimate of drug-likeness (QED) is 0.379. The summed E-state index contributed by atoms with van der Waals surface area (Å²) in [6.45, 7) is 3.29. The third-order valence-electron chi connectivity index (χ3n) is 0.136. The Kier molecular flexibility index (Phi) is 3.79. The zero-order chi connectivity index (χ0) is 4.12. The molecule has 0 aromatic heterocycles. The van der Waals surface area contributed by atoms with Crippen molar-refractivity contribution in [2.24, 2.45) is 0 Å². The van der Waals surface area contributed by atoms with Crippen LogP contribution in [0.25, 0.3) is 0 Å². The van der Waals surface area contributed by atoms with E-state index < -0.39 is 0 Å². The van der Waals surface area contributed by atoms with Crippen molar-refractivity contribution < 1.29 is 15.2 Å². The van der Waals surface area contributed by atoms with Crippen LogP contribution in [0.15, 0.2) is 0 Å². The minimum Gasteiger partial charge on any atom is -0.221 e. The van der Waals surface area contributed by atoms with Gasteiger partial charge in [0.25, 0.3) is 0 Å². The molecular weight excluding hydrogens is 72.0 g/mol. The molecule has 5 heavy (non-hydrogen) atoms. The Hall–Kier alpha value is -0.120. The average molecular weight is 77.1 g/mol. The summed E-state index contributed by atoms with van der Waals surface area (Å²) in [7, 11) is 0. The van der Waals surface area contributed by atoms with Crippen LogP contribution in [-0.2, 0) is 9.93 Å². The van der Waals surface area contributed by atoms with Gasteiger partial charge in [-0.1, -0.05) is 5.04 Å². The minimum atomic E-state index is 0.122. The molecule has 0 aliphatic carbocycles. The molecule has 0 bridgehead atoms. The van der Waals surface area contributed by atoms with Crippen molar-refractivity contribution in [3.63, 3.8) is 0 Å². The van der Waals surface area contributed by atoms with Gasteiger partial charge in [0, 0.05) is 0 Å². The lowest BCUT2D eigenvalue weighted by atomic mass is 10.9. The third-order valence-corrected chi connectivity index (χ3v) is 0.136. The maximum atomic E-state index is 7.30. The first-order valence-corrected chi connectivity index (χ1v) is 1.14. The molecule has 0 rings (SSSR count). The van der Waals surface area contributed by atoms with E-state index in [1.165, 1.54) is 0 Å². The summed E-state index contributed by atoms with van der Waals surface area (Å²) >= 11 is 0. The van der Waals surface area contributed by atoms with Crippen molar-refractivity contribution in [2.45, 2.75) is 0 Å². The Bertz CT molecular complexity index is 12.4. The molecule has 3 heteroatoms. The molecule has 0 saturated carbocycles. The standard InChI is InChI=1S/C2H5O3/c1-2-4-5-3/h3H,1-2H2. The molecule has 31 valence electrons. The lowest BCUT2D eigenvalue weighted by Gasteiger charge is -1.83. The highest BCUT2D eigenvalue weighted by Crippen LogP contribution is 1.63. The Morgan fingerprint density at radius 1 is 1.80 bits per heavy atom. The molecule has 0 spiro atoms. The molecule has 0 unspecified atom stereocenters. The van der Waals surface area contributed by atoms with Crippen molar-refractivity contribution >= 4 is 0 Å². The van der Waals surface area contributed by atoms with E-state index >= 15 is 0 Å². The molecule has 0 aliphatic heterocycles. The fourth-order valence-corrected chi connectivity index (χ4v) is 0.0373. The van der Waals surface area contributed by atoms with Crippen molar-refractivity contribution in [3.8, 4) is 0 Å². The van der Waals surface area contributed by atoms with Crippen molar-refractivity contribution in [2.75, 3.05) is 6.61 Å². The Morgan fingerprint density at radius 3 is 2.40 bits per heavy atom. The highest BCUT2D eigenvalue weighted by Gasteiger charge is 1.66.